The maximum absolute atomic E-state index is 13.4. The summed E-state index contributed by atoms with van der Waals surface area (Å²) >= 11 is 1.29. The lowest BCUT2D eigenvalue weighted by molar-refractivity contribution is -0.385. The van der Waals surface area contributed by atoms with Crippen LogP contribution in [0.4, 0.5) is 10.1 Å². The van der Waals surface area contributed by atoms with Crippen LogP contribution in [0.15, 0.2) is 18.2 Å². The van der Waals surface area contributed by atoms with Crippen molar-refractivity contribution < 1.29 is 9.31 Å². The van der Waals surface area contributed by atoms with Gasteiger partial charge in [0.15, 0.2) is 0 Å². The summed E-state index contributed by atoms with van der Waals surface area (Å²) in [5, 5.41) is 23.1. The third-order valence-corrected chi connectivity index (χ3v) is 3.82. The molecule has 0 saturated carbocycles. The van der Waals surface area contributed by atoms with Gasteiger partial charge in [0.25, 0.3) is 5.69 Å². The largest absolute Gasteiger partial charge is 0.308 e. The molecule has 20 heavy (non-hydrogen) atoms. The Hall–Kier alpha value is -1.93. The molecule has 0 amide bonds. The van der Waals surface area contributed by atoms with E-state index in [0.29, 0.717) is 10.6 Å². The van der Waals surface area contributed by atoms with Crippen LogP contribution in [0.5, 0.6) is 0 Å². The molecule has 0 aliphatic heterocycles. The van der Waals surface area contributed by atoms with Gasteiger partial charge in [0.1, 0.15) is 15.8 Å². The summed E-state index contributed by atoms with van der Waals surface area (Å²) in [6, 6.07) is 3.43. The Labute approximate surface area is 118 Å². The lowest BCUT2D eigenvalue weighted by Crippen LogP contribution is -2.17. The van der Waals surface area contributed by atoms with E-state index in [4.69, 9.17) is 0 Å². The summed E-state index contributed by atoms with van der Waals surface area (Å²) in [5.74, 6) is -0.661. The second-order valence-corrected chi connectivity index (χ2v) is 5.19. The number of aromatic nitrogens is 2. The topological polar surface area (TPSA) is 81.0 Å². The number of hydrogen-bond acceptors (Lipinski definition) is 6. The summed E-state index contributed by atoms with van der Waals surface area (Å²) in [5.41, 5.74) is 0.0700. The van der Waals surface area contributed by atoms with Crippen molar-refractivity contribution in [3.05, 3.63) is 39.1 Å². The van der Waals surface area contributed by atoms with Gasteiger partial charge in [-0.2, -0.15) is 0 Å². The second kappa shape index (κ2) is 6.02. The van der Waals surface area contributed by atoms with Gasteiger partial charge in [-0.25, -0.2) is 4.39 Å². The number of nitrogens with zero attached hydrogens (tertiary/aromatic N) is 3. The number of hydrogen-bond donors (Lipinski definition) is 1. The fraction of sp³-hybridized carbons (Fsp3) is 0.333. The van der Waals surface area contributed by atoms with Gasteiger partial charge in [0, 0.05) is 11.6 Å². The molecule has 0 bridgehead atoms. The van der Waals surface area contributed by atoms with Crippen molar-refractivity contribution in [3.63, 3.8) is 0 Å². The lowest BCUT2D eigenvalue weighted by atomic mass is 10.2. The van der Waals surface area contributed by atoms with Crippen molar-refractivity contribution in [1.29, 1.82) is 0 Å². The number of rotatable bonds is 5. The first kappa shape index (κ1) is 14.5. The van der Waals surface area contributed by atoms with Crippen LogP contribution in [0.1, 0.15) is 24.9 Å². The average molecular weight is 296 g/mol. The number of halogens is 1. The fourth-order valence-corrected chi connectivity index (χ4v) is 2.58. The lowest BCUT2D eigenvalue weighted by Gasteiger charge is -2.06. The van der Waals surface area contributed by atoms with Gasteiger partial charge in [0.05, 0.1) is 17.0 Å². The van der Waals surface area contributed by atoms with Gasteiger partial charge in [-0.05, 0) is 19.5 Å². The van der Waals surface area contributed by atoms with Crippen LogP contribution in [0, 0.1) is 15.9 Å². The summed E-state index contributed by atoms with van der Waals surface area (Å²) < 4.78 is 13.4. The Morgan fingerprint density at radius 2 is 2.20 bits per heavy atom. The Kier molecular flexibility index (Phi) is 4.35. The Balaban J connectivity index is 2.34. The zero-order chi connectivity index (χ0) is 14.7. The maximum atomic E-state index is 13.4. The van der Waals surface area contributed by atoms with Crippen LogP contribution in [-0.2, 0) is 0 Å². The Bertz CT molecular complexity index is 632. The van der Waals surface area contributed by atoms with E-state index in [1.54, 1.807) is 0 Å². The van der Waals surface area contributed by atoms with E-state index in [0.717, 1.165) is 17.6 Å². The molecule has 0 aliphatic rings. The van der Waals surface area contributed by atoms with Gasteiger partial charge < -0.3 is 5.32 Å². The minimum Gasteiger partial charge on any atom is -0.308 e. The van der Waals surface area contributed by atoms with E-state index in [1.807, 2.05) is 13.8 Å². The van der Waals surface area contributed by atoms with E-state index >= 15 is 0 Å². The van der Waals surface area contributed by atoms with Crippen LogP contribution < -0.4 is 5.32 Å². The highest BCUT2D eigenvalue weighted by molar-refractivity contribution is 7.14. The Morgan fingerprint density at radius 1 is 1.45 bits per heavy atom. The van der Waals surface area contributed by atoms with E-state index < -0.39 is 10.7 Å². The van der Waals surface area contributed by atoms with Crippen LogP contribution in [0.25, 0.3) is 10.6 Å². The van der Waals surface area contributed by atoms with Crippen molar-refractivity contribution >= 4 is 17.0 Å². The molecule has 1 N–H and O–H groups in total. The number of nitro groups is 1. The molecule has 2 rings (SSSR count). The highest BCUT2D eigenvalue weighted by Gasteiger charge is 2.16. The molecule has 2 aromatic rings. The summed E-state index contributed by atoms with van der Waals surface area (Å²) in [4.78, 5) is 10.1. The average Bonchev–Trinajstić information content (AvgIpc) is 2.88. The molecular weight excluding hydrogens is 283 g/mol. The van der Waals surface area contributed by atoms with E-state index in [1.165, 1.54) is 23.5 Å². The molecule has 6 nitrogen and oxygen atoms in total. The molecule has 1 heterocycles. The van der Waals surface area contributed by atoms with Crippen LogP contribution >= 0.6 is 11.3 Å². The molecular formula is C12H13FN4O2S. The first-order chi connectivity index (χ1) is 9.51. The smallest absolute Gasteiger partial charge is 0.273 e. The van der Waals surface area contributed by atoms with Gasteiger partial charge >= 0.3 is 0 Å². The highest BCUT2D eigenvalue weighted by Crippen LogP contribution is 2.29. The number of nitrogens with one attached hydrogen (secondary N) is 1. The minimum atomic E-state index is -0.661. The third kappa shape index (κ3) is 3.14. The van der Waals surface area contributed by atoms with Crippen molar-refractivity contribution in [1.82, 2.24) is 15.5 Å². The molecule has 106 valence electrons. The first-order valence-electron chi connectivity index (χ1n) is 6.03. The number of non-ortho nitro benzene ring substituents is 1. The SMILES string of the molecule is CCNC(C)c1nnc(-c2cc(F)cc([N+](=O)[O-])c2)s1. The first-order valence-corrected chi connectivity index (χ1v) is 6.85. The zero-order valence-corrected chi connectivity index (χ0v) is 11.8. The van der Waals surface area contributed by atoms with Crippen LogP contribution in [0.3, 0.4) is 0 Å². The normalized spacial score (nSPS) is 12.3. The molecule has 1 atom stereocenters. The standard InChI is InChI=1S/C12H13FN4O2S/c1-3-14-7(2)11-15-16-12(20-11)8-4-9(13)6-10(5-8)17(18)19/h4-7,14H,3H2,1-2H3. The van der Waals surface area contributed by atoms with Crippen LogP contribution in [-0.4, -0.2) is 21.7 Å². The molecule has 1 unspecified atom stereocenters. The zero-order valence-electron chi connectivity index (χ0n) is 11.0. The molecule has 0 fully saturated rings. The highest BCUT2D eigenvalue weighted by atomic mass is 32.1. The van der Waals surface area contributed by atoms with Gasteiger partial charge in [-0.15, -0.1) is 10.2 Å². The monoisotopic (exact) mass is 296 g/mol. The predicted octanol–water partition coefficient (Wildman–Crippen LogP) is 2.92. The molecule has 0 saturated heterocycles. The van der Waals surface area contributed by atoms with Crippen molar-refractivity contribution in [2.75, 3.05) is 6.54 Å². The Morgan fingerprint density at radius 3 is 2.85 bits per heavy atom. The molecule has 0 aliphatic carbocycles. The van der Waals surface area contributed by atoms with Crippen LogP contribution in [0.2, 0.25) is 0 Å². The molecule has 8 heteroatoms. The van der Waals surface area contributed by atoms with E-state index in [-0.39, 0.29) is 11.7 Å². The summed E-state index contributed by atoms with van der Waals surface area (Å²) in [6.45, 7) is 4.72. The third-order valence-electron chi connectivity index (χ3n) is 2.66. The number of nitro benzene ring substituents is 1. The summed E-state index contributed by atoms with van der Waals surface area (Å²) in [7, 11) is 0. The quantitative estimate of drug-likeness (QED) is 0.677. The van der Waals surface area contributed by atoms with Crippen molar-refractivity contribution in [3.8, 4) is 10.6 Å². The van der Waals surface area contributed by atoms with Crippen molar-refractivity contribution in [2.24, 2.45) is 0 Å². The van der Waals surface area contributed by atoms with Gasteiger partial charge in [-0.3, -0.25) is 10.1 Å². The minimum absolute atomic E-state index is 0.0368. The fourth-order valence-electron chi connectivity index (χ4n) is 1.72. The summed E-state index contributed by atoms with van der Waals surface area (Å²) in [6.07, 6.45) is 0. The molecule has 1 aromatic carbocycles. The molecule has 1 aromatic heterocycles. The molecule has 0 spiro atoms. The number of benzene rings is 1. The van der Waals surface area contributed by atoms with E-state index in [9.17, 15) is 14.5 Å². The predicted molar refractivity (Wildman–Crippen MR) is 74.0 cm³/mol. The van der Waals surface area contributed by atoms with Gasteiger partial charge in [-0.1, -0.05) is 18.3 Å². The second-order valence-electron chi connectivity index (χ2n) is 4.18. The van der Waals surface area contributed by atoms with Gasteiger partial charge in [0.2, 0.25) is 0 Å². The molecule has 0 radical (unpaired) electrons. The van der Waals surface area contributed by atoms with E-state index in [2.05, 4.69) is 15.5 Å². The van der Waals surface area contributed by atoms with Crippen molar-refractivity contribution in [2.45, 2.75) is 19.9 Å². The maximum Gasteiger partial charge on any atom is 0.273 e.